The number of nitrogens with one attached hydrogen (secondary N) is 2. The first kappa shape index (κ1) is 17.1. The molecule has 20 heavy (non-hydrogen) atoms. The molecular weight excluding hydrogens is 327 g/mol. The summed E-state index contributed by atoms with van der Waals surface area (Å²) in [6.07, 6.45) is 0.353. The first-order valence-corrected chi connectivity index (χ1v) is 7.28. The molecular formula is C14H20BrFN2O2. The Morgan fingerprint density at radius 3 is 2.85 bits per heavy atom. The van der Waals surface area contributed by atoms with E-state index < -0.39 is 0 Å². The lowest BCUT2D eigenvalue weighted by Gasteiger charge is -2.15. The molecule has 4 nitrogen and oxygen atoms in total. The van der Waals surface area contributed by atoms with E-state index in [4.69, 9.17) is 4.74 Å². The third-order valence-corrected chi connectivity index (χ3v) is 3.35. The van der Waals surface area contributed by atoms with E-state index in [-0.39, 0.29) is 17.8 Å². The van der Waals surface area contributed by atoms with Gasteiger partial charge in [0.25, 0.3) is 0 Å². The second-order valence-corrected chi connectivity index (χ2v) is 5.35. The topological polar surface area (TPSA) is 50.4 Å². The molecule has 0 aliphatic carbocycles. The monoisotopic (exact) mass is 346 g/mol. The van der Waals surface area contributed by atoms with Crippen LogP contribution in [0.25, 0.3) is 0 Å². The van der Waals surface area contributed by atoms with E-state index in [0.29, 0.717) is 36.2 Å². The Morgan fingerprint density at radius 1 is 1.45 bits per heavy atom. The van der Waals surface area contributed by atoms with Crippen molar-refractivity contribution in [2.75, 3.05) is 26.8 Å². The van der Waals surface area contributed by atoms with Crippen LogP contribution in [0.15, 0.2) is 22.7 Å². The van der Waals surface area contributed by atoms with Crippen LogP contribution in [0, 0.1) is 5.82 Å². The van der Waals surface area contributed by atoms with Gasteiger partial charge in [-0.1, -0.05) is 22.0 Å². The minimum absolute atomic E-state index is 0.0435. The van der Waals surface area contributed by atoms with E-state index in [9.17, 15) is 9.18 Å². The summed E-state index contributed by atoms with van der Waals surface area (Å²) in [6.45, 7) is 3.37. The molecule has 6 heteroatoms. The Balaban J connectivity index is 2.32. The van der Waals surface area contributed by atoms with Crippen LogP contribution >= 0.6 is 15.9 Å². The fraction of sp³-hybridized carbons (Fsp3) is 0.500. The number of hydrogen-bond donors (Lipinski definition) is 2. The number of halogens is 2. The average molecular weight is 347 g/mol. The standard InChI is InChI=1S/C14H20BrFN2O2/c1-10(12-4-3-11(15)9-13(12)16)17-6-5-14(19)18-7-8-20-2/h3-4,9-10,17H,5-8H2,1-2H3,(H,18,19). The van der Waals surface area contributed by atoms with Crippen molar-refractivity contribution in [3.8, 4) is 0 Å². The highest BCUT2D eigenvalue weighted by Gasteiger charge is 2.11. The molecule has 1 aromatic carbocycles. The van der Waals surface area contributed by atoms with Crippen LogP contribution in [0.2, 0.25) is 0 Å². The zero-order chi connectivity index (χ0) is 15.0. The van der Waals surface area contributed by atoms with Crippen LogP contribution in [0.3, 0.4) is 0 Å². The molecule has 1 atom stereocenters. The second-order valence-electron chi connectivity index (χ2n) is 4.43. The molecule has 0 radical (unpaired) electrons. The van der Waals surface area contributed by atoms with Crippen molar-refractivity contribution in [3.63, 3.8) is 0 Å². The SMILES string of the molecule is COCCNC(=O)CCNC(C)c1ccc(Br)cc1F. The lowest BCUT2D eigenvalue weighted by molar-refractivity contribution is -0.121. The Bertz CT molecular complexity index is 443. The second kappa shape index (κ2) is 9.05. The number of carbonyl (C=O) groups excluding carboxylic acids is 1. The normalized spacial score (nSPS) is 12.2. The molecule has 0 saturated carbocycles. The van der Waals surface area contributed by atoms with Gasteiger partial charge in [0.1, 0.15) is 5.82 Å². The maximum absolute atomic E-state index is 13.7. The van der Waals surface area contributed by atoms with E-state index in [2.05, 4.69) is 26.6 Å². The number of ether oxygens (including phenoxy) is 1. The van der Waals surface area contributed by atoms with E-state index in [1.54, 1.807) is 19.2 Å². The van der Waals surface area contributed by atoms with E-state index in [1.165, 1.54) is 6.07 Å². The van der Waals surface area contributed by atoms with E-state index in [0.717, 1.165) is 0 Å². The summed E-state index contributed by atoms with van der Waals surface area (Å²) in [4.78, 5) is 11.5. The van der Waals surface area contributed by atoms with Crippen LogP contribution in [-0.2, 0) is 9.53 Å². The number of methoxy groups -OCH3 is 1. The predicted octanol–water partition coefficient (Wildman–Crippen LogP) is 2.39. The van der Waals surface area contributed by atoms with Gasteiger partial charge in [0.2, 0.25) is 5.91 Å². The molecule has 0 heterocycles. The minimum atomic E-state index is -0.260. The molecule has 112 valence electrons. The van der Waals surface area contributed by atoms with Crippen molar-refractivity contribution in [3.05, 3.63) is 34.1 Å². The van der Waals surface area contributed by atoms with Gasteiger partial charge in [-0.15, -0.1) is 0 Å². The summed E-state index contributed by atoms with van der Waals surface area (Å²) < 4.78 is 19.3. The van der Waals surface area contributed by atoms with Gasteiger partial charge in [0, 0.05) is 42.7 Å². The molecule has 1 unspecified atom stereocenters. The van der Waals surface area contributed by atoms with Crippen molar-refractivity contribution < 1.29 is 13.9 Å². The van der Waals surface area contributed by atoms with Crippen molar-refractivity contribution in [1.82, 2.24) is 10.6 Å². The highest BCUT2D eigenvalue weighted by atomic mass is 79.9. The van der Waals surface area contributed by atoms with Crippen LogP contribution in [0.4, 0.5) is 4.39 Å². The molecule has 0 aliphatic rings. The van der Waals surface area contributed by atoms with Crippen molar-refractivity contribution in [2.45, 2.75) is 19.4 Å². The Labute approximate surface area is 127 Å². The first-order chi connectivity index (χ1) is 9.54. The maximum atomic E-state index is 13.7. The predicted molar refractivity (Wildman–Crippen MR) is 80.0 cm³/mol. The number of rotatable bonds is 8. The largest absolute Gasteiger partial charge is 0.383 e. The molecule has 2 N–H and O–H groups in total. The summed E-state index contributed by atoms with van der Waals surface area (Å²) in [5, 5.41) is 5.86. The fourth-order valence-electron chi connectivity index (χ4n) is 1.75. The Kier molecular flexibility index (Phi) is 7.72. The molecule has 0 saturated heterocycles. The van der Waals surface area contributed by atoms with Gasteiger partial charge in [-0.2, -0.15) is 0 Å². The van der Waals surface area contributed by atoms with Gasteiger partial charge in [0.05, 0.1) is 6.61 Å². The first-order valence-electron chi connectivity index (χ1n) is 6.48. The van der Waals surface area contributed by atoms with Crippen LogP contribution in [-0.4, -0.2) is 32.7 Å². The van der Waals surface area contributed by atoms with Gasteiger partial charge in [-0.3, -0.25) is 4.79 Å². The van der Waals surface area contributed by atoms with Gasteiger partial charge in [-0.05, 0) is 19.1 Å². The molecule has 0 fully saturated rings. The molecule has 1 rings (SSSR count). The van der Waals surface area contributed by atoms with Gasteiger partial charge >= 0.3 is 0 Å². The lowest BCUT2D eigenvalue weighted by atomic mass is 10.1. The minimum Gasteiger partial charge on any atom is -0.383 e. The highest BCUT2D eigenvalue weighted by molar-refractivity contribution is 9.10. The van der Waals surface area contributed by atoms with Crippen molar-refractivity contribution in [2.24, 2.45) is 0 Å². The molecule has 0 spiro atoms. The number of benzene rings is 1. The summed E-state index contributed by atoms with van der Waals surface area (Å²) in [7, 11) is 1.59. The molecule has 0 aliphatic heterocycles. The highest BCUT2D eigenvalue weighted by Crippen LogP contribution is 2.20. The molecule has 1 aromatic rings. The molecule has 0 aromatic heterocycles. The Hall–Kier alpha value is -0.980. The van der Waals surface area contributed by atoms with Crippen LogP contribution in [0.5, 0.6) is 0 Å². The number of carbonyl (C=O) groups is 1. The van der Waals surface area contributed by atoms with Gasteiger partial charge in [0.15, 0.2) is 0 Å². The van der Waals surface area contributed by atoms with Gasteiger partial charge < -0.3 is 15.4 Å². The zero-order valence-corrected chi connectivity index (χ0v) is 13.3. The summed E-state index contributed by atoms with van der Waals surface area (Å²) in [6, 6.07) is 4.82. The third-order valence-electron chi connectivity index (χ3n) is 2.86. The Morgan fingerprint density at radius 2 is 2.20 bits per heavy atom. The zero-order valence-electron chi connectivity index (χ0n) is 11.7. The van der Waals surface area contributed by atoms with Crippen LogP contribution < -0.4 is 10.6 Å². The average Bonchev–Trinajstić information content (AvgIpc) is 2.38. The number of hydrogen-bond acceptors (Lipinski definition) is 3. The van der Waals surface area contributed by atoms with Gasteiger partial charge in [-0.25, -0.2) is 4.39 Å². The summed E-state index contributed by atoms with van der Waals surface area (Å²) >= 11 is 3.22. The quantitative estimate of drug-likeness (QED) is 0.710. The smallest absolute Gasteiger partial charge is 0.221 e. The number of amides is 1. The summed E-state index contributed by atoms with van der Waals surface area (Å²) in [5.74, 6) is -0.304. The van der Waals surface area contributed by atoms with E-state index in [1.807, 2.05) is 6.92 Å². The van der Waals surface area contributed by atoms with E-state index >= 15 is 0 Å². The van der Waals surface area contributed by atoms with Crippen molar-refractivity contribution >= 4 is 21.8 Å². The maximum Gasteiger partial charge on any atom is 0.221 e. The summed E-state index contributed by atoms with van der Waals surface area (Å²) in [5.41, 5.74) is 0.591. The van der Waals surface area contributed by atoms with Crippen molar-refractivity contribution in [1.29, 1.82) is 0 Å². The molecule has 0 bridgehead atoms. The third kappa shape index (κ3) is 5.98. The lowest BCUT2D eigenvalue weighted by Crippen LogP contribution is -2.31. The fourth-order valence-corrected chi connectivity index (χ4v) is 2.08. The molecule has 1 amide bonds. The van der Waals surface area contributed by atoms with Crippen LogP contribution in [0.1, 0.15) is 24.9 Å².